The van der Waals surface area contributed by atoms with Crippen LogP contribution in [0.3, 0.4) is 0 Å². The monoisotopic (exact) mass is 984 g/mol. The zero-order chi connectivity index (χ0) is 50.7. The molecule has 0 radical (unpaired) electrons. The number of carbonyl (C=O) groups excluding carboxylic acids is 2. The smallest absolute Gasteiger partial charge is 0.305 e. The average molecular weight is 985 g/mol. The number of aliphatic hydroxyl groups excluding tert-OH is 2. The lowest BCUT2D eigenvalue weighted by molar-refractivity contribution is -0.143. The fourth-order valence-corrected chi connectivity index (χ4v) is 9.61. The molecule has 2 unspecified atom stereocenters. The van der Waals surface area contributed by atoms with Gasteiger partial charge >= 0.3 is 5.97 Å². The fraction of sp³-hybridized carbons (Fsp3) is 0.875. The largest absolute Gasteiger partial charge is 0.466 e. The van der Waals surface area contributed by atoms with Crippen molar-refractivity contribution in [2.24, 2.45) is 0 Å². The maximum atomic E-state index is 12.5. The van der Waals surface area contributed by atoms with Crippen LogP contribution in [0.4, 0.5) is 0 Å². The summed E-state index contributed by atoms with van der Waals surface area (Å²) in [5.74, 6) is -0.0435. The molecule has 0 heterocycles. The molecule has 2 atom stereocenters. The quantitative estimate of drug-likeness (QED) is 0.0321. The lowest BCUT2D eigenvalue weighted by Gasteiger charge is -2.22. The molecule has 70 heavy (non-hydrogen) atoms. The number of allylic oxidation sites excluding steroid dienone is 6. The number of esters is 1. The molecule has 0 bridgehead atoms. The van der Waals surface area contributed by atoms with Crippen LogP contribution in [-0.4, -0.2) is 47.4 Å². The van der Waals surface area contributed by atoms with Gasteiger partial charge in [-0.2, -0.15) is 0 Å². The normalized spacial score (nSPS) is 12.8. The van der Waals surface area contributed by atoms with Gasteiger partial charge in [0.2, 0.25) is 5.91 Å². The first-order chi connectivity index (χ1) is 34.5. The number of ether oxygens (including phenoxy) is 1. The maximum Gasteiger partial charge on any atom is 0.305 e. The third kappa shape index (κ3) is 55.4. The number of hydrogen-bond donors (Lipinski definition) is 3. The Kier molecular flexibility index (Phi) is 58.0. The van der Waals surface area contributed by atoms with Crippen molar-refractivity contribution in [2.75, 3.05) is 13.2 Å². The number of hydrogen-bond acceptors (Lipinski definition) is 5. The third-order valence-electron chi connectivity index (χ3n) is 14.4. The summed E-state index contributed by atoms with van der Waals surface area (Å²) in [4.78, 5) is 24.6. The molecule has 0 saturated carbocycles. The molecule has 0 fully saturated rings. The Morgan fingerprint density at radius 2 is 0.714 bits per heavy atom. The highest BCUT2D eigenvalue weighted by atomic mass is 16.5. The highest BCUT2D eigenvalue weighted by Crippen LogP contribution is 2.17. The standard InChI is InChI=1S/C64H121NO5/c1-3-5-7-9-11-13-15-17-19-25-30-34-38-42-46-50-54-58-64(69)70-59-55-51-47-43-39-35-31-27-24-22-21-23-26-29-33-37-41-45-49-53-57-63(68)65-61(60-66)62(67)56-52-48-44-40-36-32-28-20-18-16-14-12-10-8-6-4-2/h11,13,17,19,21,23,61-62,66-67H,3-10,12,14-16,18,20,22,24-60H2,1-2H3,(H,65,68)/b13-11-,19-17-,23-21-. The molecule has 0 spiro atoms. The summed E-state index contributed by atoms with van der Waals surface area (Å²) < 4.78 is 5.48. The highest BCUT2D eigenvalue weighted by Gasteiger charge is 2.20. The number of nitrogens with one attached hydrogen (secondary N) is 1. The number of unbranched alkanes of at least 4 members (excludes halogenated alkanes) is 41. The van der Waals surface area contributed by atoms with Gasteiger partial charge in [-0.25, -0.2) is 0 Å². The molecule has 0 aromatic rings. The zero-order valence-electron chi connectivity index (χ0n) is 47.0. The maximum absolute atomic E-state index is 12.5. The van der Waals surface area contributed by atoms with Gasteiger partial charge in [0.05, 0.1) is 25.4 Å². The van der Waals surface area contributed by atoms with Crippen molar-refractivity contribution in [3.63, 3.8) is 0 Å². The van der Waals surface area contributed by atoms with Gasteiger partial charge in [0.1, 0.15) is 0 Å². The minimum absolute atomic E-state index is 0.00133. The van der Waals surface area contributed by atoms with Gasteiger partial charge in [0.25, 0.3) is 0 Å². The lowest BCUT2D eigenvalue weighted by Crippen LogP contribution is -2.45. The van der Waals surface area contributed by atoms with Gasteiger partial charge in [-0.15, -0.1) is 0 Å². The third-order valence-corrected chi connectivity index (χ3v) is 14.4. The van der Waals surface area contributed by atoms with Crippen molar-refractivity contribution in [1.29, 1.82) is 0 Å². The summed E-state index contributed by atoms with van der Waals surface area (Å²) >= 11 is 0. The van der Waals surface area contributed by atoms with E-state index in [1.165, 1.54) is 250 Å². The lowest BCUT2D eigenvalue weighted by atomic mass is 10.0. The predicted molar refractivity (Wildman–Crippen MR) is 306 cm³/mol. The molecule has 0 aliphatic heterocycles. The molecule has 1 amide bonds. The van der Waals surface area contributed by atoms with Crippen LogP contribution >= 0.6 is 0 Å². The molecule has 0 aromatic carbocycles. The molecule has 412 valence electrons. The van der Waals surface area contributed by atoms with E-state index in [2.05, 4.69) is 55.6 Å². The van der Waals surface area contributed by atoms with Crippen molar-refractivity contribution < 1.29 is 24.5 Å². The Bertz CT molecular complexity index is 1130. The van der Waals surface area contributed by atoms with Gasteiger partial charge in [-0.3, -0.25) is 9.59 Å². The van der Waals surface area contributed by atoms with Gasteiger partial charge in [0, 0.05) is 12.8 Å². The van der Waals surface area contributed by atoms with E-state index in [9.17, 15) is 19.8 Å². The average Bonchev–Trinajstić information content (AvgIpc) is 3.36. The summed E-state index contributed by atoms with van der Waals surface area (Å²) in [5, 5.41) is 23.3. The summed E-state index contributed by atoms with van der Waals surface area (Å²) in [5.41, 5.74) is 0. The van der Waals surface area contributed by atoms with Crippen LogP contribution in [0.15, 0.2) is 36.5 Å². The van der Waals surface area contributed by atoms with Crippen LogP contribution < -0.4 is 5.32 Å². The van der Waals surface area contributed by atoms with E-state index in [1.54, 1.807) is 0 Å². The molecule has 6 heteroatoms. The first-order valence-electron chi connectivity index (χ1n) is 31.2. The topological polar surface area (TPSA) is 95.9 Å². The molecular formula is C64H121NO5. The van der Waals surface area contributed by atoms with E-state index >= 15 is 0 Å². The van der Waals surface area contributed by atoms with Gasteiger partial charge in [0.15, 0.2) is 0 Å². The Morgan fingerprint density at radius 3 is 1.13 bits per heavy atom. The highest BCUT2D eigenvalue weighted by molar-refractivity contribution is 5.76. The molecular weight excluding hydrogens is 863 g/mol. The van der Waals surface area contributed by atoms with Crippen LogP contribution in [-0.2, 0) is 14.3 Å². The Labute approximate surface area is 436 Å². The van der Waals surface area contributed by atoms with E-state index in [4.69, 9.17) is 4.74 Å². The second-order valence-electron chi connectivity index (χ2n) is 21.4. The summed E-state index contributed by atoms with van der Waals surface area (Å²) in [6.45, 7) is 4.93. The van der Waals surface area contributed by atoms with Gasteiger partial charge < -0.3 is 20.3 Å². The van der Waals surface area contributed by atoms with Crippen molar-refractivity contribution in [3.05, 3.63) is 36.5 Å². The fourth-order valence-electron chi connectivity index (χ4n) is 9.61. The van der Waals surface area contributed by atoms with Crippen LogP contribution in [0.2, 0.25) is 0 Å². The molecule has 0 aromatic heterocycles. The van der Waals surface area contributed by atoms with Crippen LogP contribution in [0.5, 0.6) is 0 Å². The summed E-state index contributed by atoms with van der Waals surface area (Å²) in [6.07, 6.45) is 74.3. The number of aliphatic hydroxyl groups is 2. The van der Waals surface area contributed by atoms with Crippen LogP contribution in [0.1, 0.15) is 335 Å². The first kappa shape index (κ1) is 68.1. The molecule has 6 nitrogen and oxygen atoms in total. The summed E-state index contributed by atoms with van der Waals surface area (Å²) in [7, 11) is 0. The Hall–Kier alpha value is -1.92. The minimum atomic E-state index is -0.670. The molecule has 0 aliphatic carbocycles. The van der Waals surface area contributed by atoms with Gasteiger partial charge in [-0.05, 0) is 83.5 Å². The number of amides is 1. The molecule has 3 N–H and O–H groups in total. The van der Waals surface area contributed by atoms with Crippen molar-refractivity contribution >= 4 is 11.9 Å². The second-order valence-corrected chi connectivity index (χ2v) is 21.4. The van der Waals surface area contributed by atoms with Crippen LogP contribution in [0.25, 0.3) is 0 Å². The van der Waals surface area contributed by atoms with E-state index < -0.39 is 12.1 Å². The van der Waals surface area contributed by atoms with Crippen molar-refractivity contribution in [2.45, 2.75) is 347 Å². The molecule has 0 rings (SSSR count). The predicted octanol–water partition coefficient (Wildman–Crippen LogP) is 19.6. The van der Waals surface area contributed by atoms with Crippen molar-refractivity contribution in [3.8, 4) is 0 Å². The minimum Gasteiger partial charge on any atom is -0.466 e. The molecule has 0 aliphatic rings. The Balaban J connectivity index is 3.43. The first-order valence-corrected chi connectivity index (χ1v) is 31.2. The van der Waals surface area contributed by atoms with E-state index in [0.29, 0.717) is 25.9 Å². The molecule has 0 saturated heterocycles. The van der Waals surface area contributed by atoms with E-state index in [0.717, 1.165) is 51.4 Å². The number of rotatable bonds is 58. The summed E-state index contributed by atoms with van der Waals surface area (Å²) in [6, 6.07) is -0.548. The number of carbonyl (C=O) groups is 2. The zero-order valence-corrected chi connectivity index (χ0v) is 47.0. The van der Waals surface area contributed by atoms with E-state index in [-0.39, 0.29) is 18.5 Å². The van der Waals surface area contributed by atoms with E-state index in [1.807, 2.05) is 0 Å². The second kappa shape index (κ2) is 59.6. The Morgan fingerprint density at radius 1 is 0.400 bits per heavy atom. The SMILES string of the molecule is CCCCC/C=C\C/C=C\CCCCCCCCCC(=O)OCCCCCCCCCCC/C=C\CCCCCCCCCC(=O)NC(CO)C(O)CCCCCCCCCCCCCCCCCC. The van der Waals surface area contributed by atoms with Gasteiger partial charge in [-0.1, -0.05) is 275 Å². The van der Waals surface area contributed by atoms with Crippen LogP contribution in [0, 0.1) is 0 Å². The van der Waals surface area contributed by atoms with Crippen molar-refractivity contribution in [1.82, 2.24) is 5.32 Å².